The Bertz CT molecular complexity index is 915. The molecule has 0 aliphatic rings. The number of carbonyl (C=O) groups is 1. The van der Waals surface area contributed by atoms with Crippen LogP contribution in [0.2, 0.25) is 0 Å². The minimum Gasteiger partial charge on any atom is -0.488 e. The molecule has 0 unspecified atom stereocenters. The molecule has 0 spiro atoms. The Morgan fingerprint density at radius 1 is 1.21 bits per heavy atom. The van der Waals surface area contributed by atoms with Crippen LogP contribution in [0, 0.1) is 13.8 Å². The van der Waals surface area contributed by atoms with Gasteiger partial charge in [0, 0.05) is 36.8 Å². The molecule has 0 bridgehead atoms. The first kappa shape index (κ1) is 19.6. The van der Waals surface area contributed by atoms with Gasteiger partial charge in [-0.1, -0.05) is 6.07 Å². The number of carbonyl (C=O) groups excluding carboxylic acids is 1. The lowest BCUT2D eigenvalue weighted by atomic mass is 10.0. The first-order valence-electron chi connectivity index (χ1n) is 9.02. The summed E-state index contributed by atoms with van der Waals surface area (Å²) in [7, 11) is 1.64. The third-order valence-corrected chi connectivity index (χ3v) is 4.24. The van der Waals surface area contributed by atoms with Gasteiger partial charge in [0.05, 0.1) is 25.0 Å². The second-order valence-corrected chi connectivity index (χ2v) is 6.53. The van der Waals surface area contributed by atoms with Crippen LogP contribution in [0.1, 0.15) is 27.0 Å². The second kappa shape index (κ2) is 9.14. The number of nitrogens with zero attached hydrogens (tertiary/aromatic N) is 3. The number of benzene rings is 1. The highest BCUT2D eigenvalue weighted by atomic mass is 16.5. The summed E-state index contributed by atoms with van der Waals surface area (Å²) in [6.07, 6.45) is 6.91. The van der Waals surface area contributed by atoms with Crippen LogP contribution in [0.15, 0.2) is 49.1 Å². The minimum atomic E-state index is -0.184. The highest BCUT2D eigenvalue weighted by molar-refractivity contribution is 6.04. The lowest BCUT2D eigenvalue weighted by Gasteiger charge is -2.14. The van der Waals surface area contributed by atoms with Crippen molar-refractivity contribution in [1.29, 1.82) is 0 Å². The van der Waals surface area contributed by atoms with Gasteiger partial charge in [-0.05, 0) is 43.2 Å². The smallest absolute Gasteiger partial charge is 0.255 e. The van der Waals surface area contributed by atoms with E-state index in [1.165, 1.54) is 0 Å². The van der Waals surface area contributed by atoms with Gasteiger partial charge in [-0.15, -0.1) is 0 Å². The summed E-state index contributed by atoms with van der Waals surface area (Å²) in [5.74, 6) is 0.601. The summed E-state index contributed by atoms with van der Waals surface area (Å²) in [6, 6.07) is 7.50. The highest BCUT2D eigenvalue weighted by Gasteiger charge is 2.13. The van der Waals surface area contributed by atoms with E-state index in [4.69, 9.17) is 9.47 Å². The zero-order chi connectivity index (χ0) is 19.9. The number of nitrogens with one attached hydrogen (secondary N) is 1. The molecule has 1 N–H and O–H groups in total. The van der Waals surface area contributed by atoms with E-state index in [-0.39, 0.29) is 5.91 Å². The molecule has 0 saturated carbocycles. The first-order valence-corrected chi connectivity index (χ1v) is 9.02. The quantitative estimate of drug-likeness (QED) is 0.648. The van der Waals surface area contributed by atoms with Gasteiger partial charge >= 0.3 is 0 Å². The molecular weight excluding hydrogens is 356 g/mol. The van der Waals surface area contributed by atoms with Crippen molar-refractivity contribution in [1.82, 2.24) is 14.8 Å². The molecule has 3 rings (SSSR count). The predicted molar refractivity (Wildman–Crippen MR) is 107 cm³/mol. The maximum Gasteiger partial charge on any atom is 0.255 e. The molecule has 3 aromatic rings. The van der Waals surface area contributed by atoms with Gasteiger partial charge in [-0.2, -0.15) is 5.10 Å². The number of anilines is 1. The molecule has 146 valence electrons. The molecule has 7 nitrogen and oxygen atoms in total. The van der Waals surface area contributed by atoms with Crippen molar-refractivity contribution in [3.63, 3.8) is 0 Å². The van der Waals surface area contributed by atoms with Crippen LogP contribution in [0.3, 0.4) is 0 Å². The summed E-state index contributed by atoms with van der Waals surface area (Å²) in [5.41, 5.74) is 4.03. The van der Waals surface area contributed by atoms with Crippen LogP contribution < -0.4 is 10.1 Å². The van der Waals surface area contributed by atoms with Crippen LogP contribution >= 0.6 is 0 Å². The van der Waals surface area contributed by atoms with Crippen molar-refractivity contribution in [2.45, 2.75) is 27.0 Å². The molecule has 7 heteroatoms. The van der Waals surface area contributed by atoms with Crippen LogP contribution in [0.5, 0.6) is 5.75 Å². The second-order valence-electron chi connectivity index (χ2n) is 6.53. The number of methoxy groups -OCH3 is 1. The van der Waals surface area contributed by atoms with Crippen LogP contribution in [0.25, 0.3) is 0 Å². The Balaban J connectivity index is 1.67. The average Bonchev–Trinajstić information content (AvgIpc) is 3.13. The topological polar surface area (TPSA) is 78.3 Å². The van der Waals surface area contributed by atoms with Crippen molar-refractivity contribution < 1.29 is 14.3 Å². The standard InChI is InChI=1S/C21H24N4O3/c1-15-9-18(21(26)24-19-12-23-25(13-19)7-8-27-3)10-16(2)20(15)28-14-17-5-4-6-22-11-17/h4-6,9-13H,7-8,14H2,1-3H3,(H,24,26). The third kappa shape index (κ3) is 4.95. The van der Waals surface area contributed by atoms with E-state index in [1.807, 2.05) is 38.1 Å². The highest BCUT2D eigenvalue weighted by Crippen LogP contribution is 2.26. The number of rotatable bonds is 8. The molecule has 28 heavy (non-hydrogen) atoms. The maximum atomic E-state index is 12.6. The van der Waals surface area contributed by atoms with Crippen LogP contribution in [-0.4, -0.2) is 34.4 Å². The van der Waals surface area contributed by atoms with Crippen molar-refractivity contribution in [2.24, 2.45) is 0 Å². The van der Waals surface area contributed by atoms with Gasteiger partial charge < -0.3 is 14.8 Å². The molecule has 0 atom stereocenters. The van der Waals surface area contributed by atoms with Gasteiger partial charge in [0.25, 0.3) is 5.91 Å². The molecular formula is C21H24N4O3. The number of ether oxygens (including phenoxy) is 2. The Hall–Kier alpha value is -3.19. The fraction of sp³-hybridized carbons (Fsp3) is 0.286. The average molecular weight is 380 g/mol. The number of aromatic nitrogens is 3. The van der Waals surface area contributed by atoms with Gasteiger partial charge in [-0.3, -0.25) is 14.5 Å². The fourth-order valence-corrected chi connectivity index (χ4v) is 2.89. The van der Waals surface area contributed by atoms with Gasteiger partial charge in [0.2, 0.25) is 0 Å². The van der Waals surface area contributed by atoms with Crippen LogP contribution in [-0.2, 0) is 17.9 Å². The van der Waals surface area contributed by atoms with Crippen molar-refractivity contribution in [2.75, 3.05) is 19.0 Å². The van der Waals surface area contributed by atoms with E-state index in [0.717, 1.165) is 22.4 Å². The molecule has 0 aliphatic heterocycles. The minimum absolute atomic E-state index is 0.184. The third-order valence-electron chi connectivity index (χ3n) is 4.24. The molecule has 0 saturated heterocycles. The Morgan fingerprint density at radius 3 is 2.68 bits per heavy atom. The normalized spacial score (nSPS) is 10.7. The SMILES string of the molecule is COCCn1cc(NC(=O)c2cc(C)c(OCc3cccnc3)c(C)c2)cn1. The van der Waals surface area contributed by atoms with E-state index in [0.29, 0.717) is 31.0 Å². The van der Waals surface area contributed by atoms with Gasteiger partial charge in [0.1, 0.15) is 12.4 Å². The van der Waals surface area contributed by atoms with Gasteiger partial charge in [-0.25, -0.2) is 0 Å². The number of amides is 1. The van der Waals surface area contributed by atoms with Crippen molar-refractivity contribution >= 4 is 11.6 Å². The Labute approximate surface area is 164 Å². The largest absolute Gasteiger partial charge is 0.488 e. The predicted octanol–water partition coefficient (Wildman–Crippen LogP) is 3.37. The molecule has 0 fully saturated rings. The van der Waals surface area contributed by atoms with E-state index in [1.54, 1.807) is 36.6 Å². The monoisotopic (exact) mass is 380 g/mol. The molecule has 2 aromatic heterocycles. The molecule has 0 aliphatic carbocycles. The summed E-state index contributed by atoms with van der Waals surface area (Å²) in [6.45, 7) is 5.50. The summed E-state index contributed by atoms with van der Waals surface area (Å²) in [5, 5.41) is 7.07. The van der Waals surface area contributed by atoms with E-state index in [2.05, 4.69) is 15.4 Å². The van der Waals surface area contributed by atoms with E-state index < -0.39 is 0 Å². The number of hydrogen-bond donors (Lipinski definition) is 1. The number of hydrogen-bond acceptors (Lipinski definition) is 5. The Morgan fingerprint density at radius 2 is 2.00 bits per heavy atom. The molecule has 1 amide bonds. The summed E-state index contributed by atoms with van der Waals surface area (Å²) < 4.78 is 12.7. The lowest BCUT2D eigenvalue weighted by Crippen LogP contribution is -2.12. The molecule has 0 radical (unpaired) electrons. The lowest BCUT2D eigenvalue weighted by molar-refractivity contribution is 0.102. The maximum absolute atomic E-state index is 12.6. The zero-order valence-electron chi connectivity index (χ0n) is 16.3. The number of aryl methyl sites for hydroxylation is 2. The fourth-order valence-electron chi connectivity index (χ4n) is 2.89. The van der Waals surface area contributed by atoms with Crippen molar-refractivity contribution in [3.05, 3.63) is 71.3 Å². The van der Waals surface area contributed by atoms with Crippen LogP contribution in [0.4, 0.5) is 5.69 Å². The zero-order valence-corrected chi connectivity index (χ0v) is 16.3. The van der Waals surface area contributed by atoms with E-state index >= 15 is 0 Å². The molecule has 2 heterocycles. The van der Waals surface area contributed by atoms with Crippen molar-refractivity contribution in [3.8, 4) is 5.75 Å². The summed E-state index contributed by atoms with van der Waals surface area (Å²) >= 11 is 0. The van der Waals surface area contributed by atoms with Gasteiger partial charge in [0.15, 0.2) is 0 Å². The molecule has 1 aromatic carbocycles. The Kier molecular flexibility index (Phi) is 6.39. The summed E-state index contributed by atoms with van der Waals surface area (Å²) in [4.78, 5) is 16.7. The van der Waals surface area contributed by atoms with E-state index in [9.17, 15) is 4.79 Å². The number of pyridine rings is 1. The first-order chi connectivity index (χ1) is 13.6.